The monoisotopic (exact) mass is 316 g/mol. The molecular weight excluding hydrogens is 296 g/mol. The fourth-order valence-corrected chi connectivity index (χ4v) is 2.04. The van der Waals surface area contributed by atoms with Crippen LogP contribution < -0.4 is 10.6 Å². The molecule has 2 aromatic rings. The molecule has 1 aromatic carbocycles. The Bertz CT molecular complexity index is 614. The van der Waals surface area contributed by atoms with Crippen LogP contribution in [0.15, 0.2) is 47.2 Å². The number of urea groups is 1. The Morgan fingerprint density at radius 3 is 2.65 bits per heavy atom. The van der Waals surface area contributed by atoms with Gasteiger partial charge in [-0.1, -0.05) is 42.4 Å². The Balaban J connectivity index is 1.86. The summed E-state index contributed by atoms with van der Waals surface area (Å²) >= 11 is 0. The average molecular weight is 316 g/mol. The van der Waals surface area contributed by atoms with Crippen LogP contribution in [-0.2, 0) is 11.3 Å². The molecule has 0 bridgehead atoms. The van der Waals surface area contributed by atoms with Crippen molar-refractivity contribution in [2.45, 2.75) is 19.9 Å². The highest BCUT2D eigenvalue weighted by Crippen LogP contribution is 2.03. The summed E-state index contributed by atoms with van der Waals surface area (Å²) in [6.45, 7) is 2.83. The van der Waals surface area contributed by atoms with Crippen LogP contribution in [0.2, 0.25) is 0 Å². The highest BCUT2D eigenvalue weighted by molar-refractivity contribution is 5.93. The van der Waals surface area contributed by atoms with Gasteiger partial charge in [-0.05, 0) is 12.0 Å². The lowest BCUT2D eigenvalue weighted by Gasteiger charge is -2.21. The molecule has 0 spiro atoms. The third kappa shape index (κ3) is 5.46. The molecule has 1 aromatic heterocycles. The van der Waals surface area contributed by atoms with Crippen LogP contribution >= 0.6 is 0 Å². The van der Waals surface area contributed by atoms with Crippen LogP contribution in [-0.4, -0.2) is 35.1 Å². The summed E-state index contributed by atoms with van der Waals surface area (Å²) in [7, 11) is 0. The van der Waals surface area contributed by atoms with Gasteiger partial charge in [0, 0.05) is 19.2 Å². The number of hydrogen-bond donors (Lipinski definition) is 2. The molecule has 0 radical (unpaired) electrons. The molecule has 0 saturated carbocycles. The zero-order valence-electron chi connectivity index (χ0n) is 13.0. The summed E-state index contributed by atoms with van der Waals surface area (Å²) in [5.41, 5.74) is 1.00. The highest BCUT2D eigenvalue weighted by atomic mass is 16.5. The fourth-order valence-electron chi connectivity index (χ4n) is 2.04. The molecule has 0 unspecified atom stereocenters. The summed E-state index contributed by atoms with van der Waals surface area (Å²) in [5.74, 6) is 0.0124. The van der Waals surface area contributed by atoms with Crippen molar-refractivity contribution < 1.29 is 14.1 Å². The Labute approximate surface area is 134 Å². The van der Waals surface area contributed by atoms with E-state index in [1.807, 2.05) is 37.3 Å². The fraction of sp³-hybridized carbons (Fsp3) is 0.312. The van der Waals surface area contributed by atoms with Crippen molar-refractivity contribution in [2.24, 2.45) is 0 Å². The standard InChI is InChI=1S/C16H20N4O3/c1-2-9-20(12-15(21)18-14-8-10-23-19-14)16(22)17-11-13-6-4-3-5-7-13/h3-8,10H,2,9,11-12H2,1H3,(H,17,22)(H,18,19,21). The van der Waals surface area contributed by atoms with Crippen LogP contribution in [0.5, 0.6) is 0 Å². The van der Waals surface area contributed by atoms with Gasteiger partial charge in [0.15, 0.2) is 5.82 Å². The largest absolute Gasteiger partial charge is 0.363 e. The molecule has 2 rings (SSSR count). The van der Waals surface area contributed by atoms with Gasteiger partial charge < -0.3 is 20.1 Å². The van der Waals surface area contributed by atoms with Crippen LogP contribution in [0.25, 0.3) is 0 Å². The number of benzene rings is 1. The first kappa shape index (κ1) is 16.5. The smallest absolute Gasteiger partial charge is 0.318 e. The quantitative estimate of drug-likeness (QED) is 0.820. The molecular formula is C16H20N4O3. The second-order valence-corrected chi connectivity index (χ2v) is 5.00. The van der Waals surface area contributed by atoms with E-state index in [9.17, 15) is 9.59 Å². The summed E-state index contributed by atoms with van der Waals surface area (Å²) in [4.78, 5) is 25.7. The first-order valence-corrected chi connectivity index (χ1v) is 7.46. The minimum Gasteiger partial charge on any atom is -0.363 e. The van der Waals surface area contributed by atoms with Crippen LogP contribution in [0, 0.1) is 0 Å². The number of nitrogens with zero attached hydrogens (tertiary/aromatic N) is 2. The number of hydrogen-bond acceptors (Lipinski definition) is 4. The van der Waals surface area contributed by atoms with Gasteiger partial charge in [0.25, 0.3) is 0 Å². The van der Waals surface area contributed by atoms with E-state index in [1.165, 1.54) is 17.2 Å². The molecule has 1 heterocycles. The predicted octanol–water partition coefficient (Wildman–Crippen LogP) is 2.23. The van der Waals surface area contributed by atoms with Gasteiger partial charge in [-0.2, -0.15) is 0 Å². The number of carbonyl (C=O) groups is 2. The second-order valence-electron chi connectivity index (χ2n) is 5.00. The summed E-state index contributed by atoms with van der Waals surface area (Å²) in [6.07, 6.45) is 2.13. The normalized spacial score (nSPS) is 10.1. The molecule has 0 aliphatic carbocycles. The Hall–Kier alpha value is -2.83. The second kappa shape index (κ2) is 8.57. The maximum Gasteiger partial charge on any atom is 0.318 e. The van der Waals surface area contributed by atoms with Gasteiger partial charge in [-0.3, -0.25) is 4.79 Å². The van der Waals surface area contributed by atoms with Gasteiger partial charge in [-0.25, -0.2) is 4.79 Å². The Morgan fingerprint density at radius 1 is 1.22 bits per heavy atom. The van der Waals surface area contributed by atoms with Gasteiger partial charge in [0.1, 0.15) is 12.8 Å². The van der Waals surface area contributed by atoms with Crippen molar-refractivity contribution in [1.82, 2.24) is 15.4 Å². The van der Waals surface area contributed by atoms with Crippen molar-refractivity contribution in [3.63, 3.8) is 0 Å². The number of amides is 3. The Kier molecular flexibility index (Phi) is 6.17. The summed E-state index contributed by atoms with van der Waals surface area (Å²) in [5, 5.41) is 9.00. The molecule has 0 fully saturated rings. The van der Waals surface area contributed by atoms with E-state index in [1.54, 1.807) is 0 Å². The summed E-state index contributed by atoms with van der Waals surface area (Å²) < 4.78 is 4.65. The van der Waals surface area contributed by atoms with E-state index in [0.717, 1.165) is 12.0 Å². The topological polar surface area (TPSA) is 87.5 Å². The van der Waals surface area contributed by atoms with Crippen LogP contribution in [0.3, 0.4) is 0 Å². The minimum absolute atomic E-state index is 0.0404. The maximum absolute atomic E-state index is 12.2. The number of carbonyl (C=O) groups excluding carboxylic acids is 2. The molecule has 0 aliphatic heterocycles. The molecule has 0 saturated heterocycles. The zero-order chi connectivity index (χ0) is 16.5. The van der Waals surface area contributed by atoms with Crippen LogP contribution in [0.1, 0.15) is 18.9 Å². The predicted molar refractivity (Wildman–Crippen MR) is 85.7 cm³/mol. The van der Waals surface area contributed by atoms with E-state index in [2.05, 4.69) is 20.3 Å². The van der Waals surface area contributed by atoms with E-state index >= 15 is 0 Å². The Morgan fingerprint density at radius 2 is 2.00 bits per heavy atom. The highest BCUT2D eigenvalue weighted by Gasteiger charge is 2.16. The zero-order valence-corrected chi connectivity index (χ0v) is 13.0. The molecule has 122 valence electrons. The summed E-state index contributed by atoms with van der Waals surface area (Å²) in [6, 6.07) is 10.9. The molecule has 3 amide bonds. The van der Waals surface area contributed by atoms with E-state index in [-0.39, 0.29) is 18.5 Å². The molecule has 7 nitrogen and oxygen atoms in total. The van der Waals surface area contributed by atoms with E-state index in [0.29, 0.717) is 18.9 Å². The van der Waals surface area contributed by atoms with Gasteiger partial charge in [0.2, 0.25) is 5.91 Å². The van der Waals surface area contributed by atoms with E-state index < -0.39 is 0 Å². The molecule has 23 heavy (non-hydrogen) atoms. The lowest BCUT2D eigenvalue weighted by molar-refractivity contribution is -0.116. The molecule has 0 aliphatic rings. The third-order valence-corrected chi connectivity index (χ3v) is 3.11. The number of aromatic nitrogens is 1. The number of nitrogens with one attached hydrogen (secondary N) is 2. The third-order valence-electron chi connectivity index (χ3n) is 3.11. The van der Waals surface area contributed by atoms with Gasteiger partial charge in [-0.15, -0.1) is 0 Å². The number of rotatable bonds is 7. The first-order chi connectivity index (χ1) is 11.2. The molecule has 2 N–H and O–H groups in total. The van der Waals surface area contributed by atoms with Crippen molar-refractivity contribution in [3.8, 4) is 0 Å². The SMILES string of the molecule is CCCN(CC(=O)Nc1ccon1)C(=O)NCc1ccccc1. The molecule has 0 atom stereocenters. The average Bonchev–Trinajstić information content (AvgIpc) is 3.06. The van der Waals surface area contributed by atoms with Gasteiger partial charge >= 0.3 is 6.03 Å². The maximum atomic E-state index is 12.2. The lowest BCUT2D eigenvalue weighted by atomic mass is 10.2. The van der Waals surface area contributed by atoms with Crippen LogP contribution in [0.4, 0.5) is 10.6 Å². The first-order valence-electron chi connectivity index (χ1n) is 7.46. The lowest BCUT2D eigenvalue weighted by Crippen LogP contribution is -2.44. The van der Waals surface area contributed by atoms with Gasteiger partial charge in [0.05, 0.1) is 0 Å². The van der Waals surface area contributed by atoms with Crippen molar-refractivity contribution in [2.75, 3.05) is 18.4 Å². The van der Waals surface area contributed by atoms with Crippen molar-refractivity contribution in [1.29, 1.82) is 0 Å². The van der Waals surface area contributed by atoms with Crippen molar-refractivity contribution >= 4 is 17.8 Å². The minimum atomic E-state index is -0.317. The molecule has 7 heteroatoms. The van der Waals surface area contributed by atoms with E-state index in [4.69, 9.17) is 0 Å². The van der Waals surface area contributed by atoms with Crippen molar-refractivity contribution in [3.05, 3.63) is 48.2 Å². The number of anilines is 1.